The Morgan fingerprint density at radius 2 is 2.05 bits per heavy atom. The quantitative estimate of drug-likeness (QED) is 0.637. The second-order valence-corrected chi connectivity index (χ2v) is 5.76. The van der Waals surface area contributed by atoms with E-state index in [0.717, 1.165) is 21.2 Å². The van der Waals surface area contributed by atoms with E-state index in [2.05, 4.69) is 27.4 Å². The average Bonchev–Trinajstić information content (AvgIpc) is 2.48. The zero-order valence-corrected chi connectivity index (χ0v) is 13.6. The van der Waals surface area contributed by atoms with Crippen LogP contribution in [-0.2, 0) is 6.42 Å². The average molecular weight is 353 g/mol. The summed E-state index contributed by atoms with van der Waals surface area (Å²) >= 11 is 3.48. The van der Waals surface area contributed by atoms with Crippen LogP contribution in [0.5, 0.6) is 5.75 Å². The van der Waals surface area contributed by atoms with Crippen molar-refractivity contribution in [1.29, 1.82) is 0 Å². The Balaban J connectivity index is 2.22. The number of aryl methyl sites for hydroxylation is 1. The molecule has 1 unspecified atom stereocenters. The van der Waals surface area contributed by atoms with Gasteiger partial charge in [0.15, 0.2) is 11.6 Å². The van der Waals surface area contributed by atoms with Crippen molar-refractivity contribution < 1.29 is 9.13 Å². The molecule has 2 aromatic carbocycles. The first-order valence-corrected chi connectivity index (χ1v) is 7.39. The van der Waals surface area contributed by atoms with Crippen LogP contribution in [0.15, 0.2) is 40.9 Å². The molecule has 0 aromatic heterocycles. The Bertz CT molecular complexity index is 634. The van der Waals surface area contributed by atoms with Crippen LogP contribution in [0.4, 0.5) is 4.39 Å². The summed E-state index contributed by atoms with van der Waals surface area (Å²) < 4.78 is 19.7. The van der Waals surface area contributed by atoms with Crippen molar-refractivity contribution in [3.05, 3.63) is 63.4 Å². The van der Waals surface area contributed by atoms with Crippen molar-refractivity contribution in [3.8, 4) is 5.75 Å². The Morgan fingerprint density at radius 3 is 2.62 bits per heavy atom. The molecular weight excluding hydrogens is 335 g/mol. The van der Waals surface area contributed by atoms with Crippen LogP contribution in [0.3, 0.4) is 0 Å². The highest BCUT2D eigenvalue weighted by atomic mass is 79.9. The lowest BCUT2D eigenvalue weighted by Crippen LogP contribution is -2.29. The molecule has 3 nitrogen and oxygen atoms in total. The smallest absolute Gasteiger partial charge is 0.165 e. The highest BCUT2D eigenvalue weighted by Crippen LogP contribution is 2.25. The van der Waals surface area contributed by atoms with Gasteiger partial charge >= 0.3 is 0 Å². The van der Waals surface area contributed by atoms with E-state index in [-0.39, 0.29) is 17.6 Å². The van der Waals surface area contributed by atoms with Crippen molar-refractivity contribution in [3.63, 3.8) is 0 Å². The minimum absolute atomic E-state index is 0.0791. The molecule has 0 bridgehead atoms. The molecule has 0 aliphatic rings. The van der Waals surface area contributed by atoms with E-state index < -0.39 is 0 Å². The molecule has 0 spiro atoms. The van der Waals surface area contributed by atoms with Crippen LogP contribution in [-0.4, -0.2) is 7.11 Å². The summed E-state index contributed by atoms with van der Waals surface area (Å²) in [5.41, 5.74) is 5.85. The lowest BCUT2D eigenvalue weighted by atomic mass is 9.98. The maximum atomic E-state index is 13.7. The zero-order valence-electron chi connectivity index (χ0n) is 12.0. The SMILES string of the molecule is COc1ccc(CC(NN)c2ccc(Br)c(C)c2)cc1F. The summed E-state index contributed by atoms with van der Waals surface area (Å²) in [7, 11) is 1.45. The molecule has 2 rings (SSSR count). The van der Waals surface area contributed by atoms with Gasteiger partial charge in [-0.25, -0.2) is 4.39 Å². The van der Waals surface area contributed by atoms with Crippen LogP contribution in [0.25, 0.3) is 0 Å². The first-order chi connectivity index (χ1) is 10.0. The predicted molar refractivity (Wildman–Crippen MR) is 85.6 cm³/mol. The van der Waals surface area contributed by atoms with Crippen LogP contribution in [0.1, 0.15) is 22.7 Å². The zero-order chi connectivity index (χ0) is 15.4. The molecule has 0 fully saturated rings. The lowest BCUT2D eigenvalue weighted by molar-refractivity contribution is 0.386. The molecule has 0 saturated carbocycles. The number of hydrogen-bond donors (Lipinski definition) is 2. The molecule has 5 heteroatoms. The highest BCUT2D eigenvalue weighted by molar-refractivity contribution is 9.10. The number of hydrogen-bond acceptors (Lipinski definition) is 3. The number of methoxy groups -OCH3 is 1. The van der Waals surface area contributed by atoms with E-state index in [1.165, 1.54) is 13.2 Å². The van der Waals surface area contributed by atoms with Gasteiger partial charge in [0, 0.05) is 10.5 Å². The van der Waals surface area contributed by atoms with Gasteiger partial charge in [0.25, 0.3) is 0 Å². The second-order valence-electron chi connectivity index (χ2n) is 4.90. The van der Waals surface area contributed by atoms with E-state index in [1.807, 2.05) is 25.1 Å². The first kappa shape index (κ1) is 15.9. The molecule has 21 heavy (non-hydrogen) atoms. The number of halogens is 2. The maximum Gasteiger partial charge on any atom is 0.165 e. The lowest BCUT2D eigenvalue weighted by Gasteiger charge is -2.18. The molecule has 0 saturated heterocycles. The van der Waals surface area contributed by atoms with Gasteiger partial charge in [-0.2, -0.15) is 0 Å². The fraction of sp³-hybridized carbons (Fsp3) is 0.250. The van der Waals surface area contributed by atoms with Crippen LogP contribution >= 0.6 is 15.9 Å². The van der Waals surface area contributed by atoms with E-state index in [4.69, 9.17) is 10.6 Å². The molecule has 2 aromatic rings. The van der Waals surface area contributed by atoms with Gasteiger partial charge in [0.2, 0.25) is 0 Å². The molecule has 0 aliphatic heterocycles. The number of nitrogens with two attached hydrogens (primary N) is 1. The summed E-state index contributed by atoms with van der Waals surface area (Å²) in [6.45, 7) is 2.02. The summed E-state index contributed by atoms with van der Waals surface area (Å²) in [5, 5.41) is 0. The van der Waals surface area contributed by atoms with Crippen molar-refractivity contribution >= 4 is 15.9 Å². The number of nitrogens with one attached hydrogen (secondary N) is 1. The minimum Gasteiger partial charge on any atom is -0.494 e. The fourth-order valence-corrected chi connectivity index (χ4v) is 2.48. The van der Waals surface area contributed by atoms with Gasteiger partial charge in [-0.15, -0.1) is 0 Å². The molecule has 112 valence electrons. The van der Waals surface area contributed by atoms with E-state index in [0.29, 0.717) is 6.42 Å². The van der Waals surface area contributed by atoms with Gasteiger partial charge < -0.3 is 4.74 Å². The van der Waals surface area contributed by atoms with Gasteiger partial charge in [-0.1, -0.05) is 34.1 Å². The van der Waals surface area contributed by atoms with Crippen molar-refractivity contribution in [1.82, 2.24) is 5.43 Å². The monoisotopic (exact) mass is 352 g/mol. The third kappa shape index (κ3) is 3.81. The van der Waals surface area contributed by atoms with Gasteiger partial charge in [-0.05, 0) is 48.2 Å². The van der Waals surface area contributed by atoms with Gasteiger partial charge in [0.1, 0.15) is 0 Å². The number of benzene rings is 2. The molecule has 0 heterocycles. The Hall–Kier alpha value is -1.43. The molecule has 0 radical (unpaired) electrons. The highest BCUT2D eigenvalue weighted by Gasteiger charge is 2.13. The van der Waals surface area contributed by atoms with Gasteiger partial charge in [-0.3, -0.25) is 11.3 Å². The molecule has 3 N–H and O–H groups in total. The minimum atomic E-state index is -0.363. The Morgan fingerprint density at radius 1 is 1.29 bits per heavy atom. The van der Waals surface area contributed by atoms with Crippen LogP contribution < -0.4 is 16.0 Å². The molecular formula is C16H18BrFN2O. The van der Waals surface area contributed by atoms with Crippen LogP contribution in [0.2, 0.25) is 0 Å². The number of hydrazine groups is 1. The second kappa shape index (κ2) is 7.02. The Kier molecular flexibility index (Phi) is 5.33. The topological polar surface area (TPSA) is 47.3 Å². The summed E-state index contributed by atoms with van der Waals surface area (Å²) in [6.07, 6.45) is 0.596. The summed E-state index contributed by atoms with van der Waals surface area (Å²) in [4.78, 5) is 0. The third-order valence-corrected chi connectivity index (χ3v) is 4.33. The number of rotatable bonds is 5. The summed E-state index contributed by atoms with van der Waals surface area (Å²) in [5.74, 6) is 5.54. The maximum absolute atomic E-state index is 13.7. The van der Waals surface area contributed by atoms with E-state index in [9.17, 15) is 4.39 Å². The third-order valence-electron chi connectivity index (χ3n) is 3.44. The van der Waals surface area contributed by atoms with Crippen LogP contribution in [0, 0.1) is 12.7 Å². The normalized spacial score (nSPS) is 12.2. The fourth-order valence-electron chi connectivity index (χ4n) is 2.23. The first-order valence-electron chi connectivity index (χ1n) is 6.59. The van der Waals surface area contributed by atoms with E-state index >= 15 is 0 Å². The molecule has 0 aliphatic carbocycles. The molecule has 0 amide bonds. The van der Waals surface area contributed by atoms with Crippen molar-refractivity contribution in [2.45, 2.75) is 19.4 Å². The largest absolute Gasteiger partial charge is 0.494 e. The van der Waals surface area contributed by atoms with Crippen molar-refractivity contribution in [2.75, 3.05) is 7.11 Å². The van der Waals surface area contributed by atoms with Gasteiger partial charge in [0.05, 0.1) is 7.11 Å². The van der Waals surface area contributed by atoms with Crippen molar-refractivity contribution in [2.24, 2.45) is 5.84 Å². The standard InChI is InChI=1S/C16H18BrFN2O/c1-10-7-12(4-5-13(10)17)15(20-19)9-11-3-6-16(21-2)14(18)8-11/h3-8,15,20H,9,19H2,1-2H3. The molecule has 1 atom stereocenters. The Labute approximate surface area is 132 Å². The summed E-state index contributed by atoms with van der Waals surface area (Å²) in [6, 6.07) is 10.9. The number of ether oxygens (including phenoxy) is 1. The predicted octanol–water partition coefficient (Wildman–Crippen LogP) is 3.65. The van der Waals surface area contributed by atoms with E-state index in [1.54, 1.807) is 6.07 Å².